The first-order valence-electron chi connectivity index (χ1n) is 13.7. The Balaban J connectivity index is 0.00000198. The Morgan fingerprint density at radius 1 is 0.952 bits per heavy atom. The van der Waals surface area contributed by atoms with Gasteiger partial charge in [0.2, 0.25) is 0 Å². The number of ether oxygens (including phenoxy) is 1. The van der Waals surface area contributed by atoms with Crippen LogP contribution in [0.2, 0.25) is 0 Å². The first-order valence-corrected chi connectivity index (χ1v) is 13.7. The summed E-state index contributed by atoms with van der Waals surface area (Å²) in [5.74, 6) is -0.574. The highest BCUT2D eigenvalue weighted by Gasteiger charge is 2.16. The van der Waals surface area contributed by atoms with E-state index in [1.807, 2.05) is 79.2 Å². The molecule has 0 aliphatic rings. The molecule has 0 bridgehead atoms. The van der Waals surface area contributed by atoms with Crippen LogP contribution in [-0.2, 0) is 5.41 Å². The molecule has 2 aromatic heterocycles. The van der Waals surface area contributed by atoms with Crippen molar-refractivity contribution in [1.29, 1.82) is 0 Å². The lowest BCUT2D eigenvalue weighted by Crippen LogP contribution is -2.14. The van der Waals surface area contributed by atoms with Gasteiger partial charge in [0.25, 0.3) is 5.91 Å². The normalized spacial score (nSPS) is 10.9. The van der Waals surface area contributed by atoms with Crippen molar-refractivity contribution in [3.8, 4) is 17.0 Å². The summed E-state index contributed by atoms with van der Waals surface area (Å²) >= 11 is 0. The Morgan fingerprint density at radius 2 is 1.69 bits per heavy atom. The van der Waals surface area contributed by atoms with E-state index in [1.165, 1.54) is 13.2 Å². The number of rotatable bonds is 7. The molecule has 5 aromatic rings. The van der Waals surface area contributed by atoms with Crippen molar-refractivity contribution in [3.05, 3.63) is 102 Å². The van der Waals surface area contributed by atoms with Crippen molar-refractivity contribution in [3.63, 3.8) is 0 Å². The zero-order valence-corrected chi connectivity index (χ0v) is 24.6. The fourth-order valence-electron chi connectivity index (χ4n) is 4.32. The molecule has 0 aliphatic heterocycles. The second kappa shape index (κ2) is 12.6. The van der Waals surface area contributed by atoms with Crippen LogP contribution in [0.5, 0.6) is 5.75 Å². The van der Waals surface area contributed by atoms with E-state index in [2.05, 4.69) is 36.4 Å². The highest BCUT2D eigenvalue weighted by Crippen LogP contribution is 2.29. The van der Waals surface area contributed by atoms with Crippen LogP contribution in [0.4, 0.5) is 17.2 Å². The molecule has 3 aromatic carbocycles. The molecule has 0 unspecified atom stereocenters. The maximum atomic E-state index is 12.9. The number of methoxy groups -OCH3 is 1. The molecule has 1 amide bonds. The molecule has 5 rings (SSSR count). The number of anilines is 3. The molecule has 0 saturated heterocycles. The van der Waals surface area contributed by atoms with Gasteiger partial charge in [0.1, 0.15) is 11.3 Å². The van der Waals surface area contributed by atoms with E-state index in [9.17, 15) is 14.7 Å². The number of imidazole rings is 1. The minimum Gasteiger partial charge on any atom is -0.496 e. The van der Waals surface area contributed by atoms with Gasteiger partial charge in [-0.05, 0) is 47.4 Å². The summed E-state index contributed by atoms with van der Waals surface area (Å²) in [5, 5.41) is 15.6. The second-order valence-corrected chi connectivity index (χ2v) is 10.3. The van der Waals surface area contributed by atoms with Gasteiger partial charge in [-0.25, -0.2) is 14.8 Å². The van der Waals surface area contributed by atoms with E-state index in [4.69, 9.17) is 9.72 Å². The zero-order chi connectivity index (χ0) is 30.4. The Kier molecular flexibility index (Phi) is 8.90. The standard InChI is InChI=1S/C31H29N5O4.C2H6/c1-31(2,3)21-10-8-19(9-11-21)29(37)34-22-7-5-6-20(16-22)25-18-36-15-14-32-28(36)27(35-25)33-23-12-13-24(30(38)39)26(17-23)40-4;1-2/h5-18H,1-4H3,(H,33,35)(H,34,37)(H,38,39);1-2H3. The average Bonchev–Trinajstić information content (AvgIpc) is 3.47. The molecule has 3 N–H and O–H groups in total. The molecule has 0 aliphatic carbocycles. The first kappa shape index (κ1) is 29.8. The lowest BCUT2D eigenvalue weighted by atomic mass is 9.87. The molecule has 42 heavy (non-hydrogen) atoms. The highest BCUT2D eigenvalue weighted by atomic mass is 16.5. The van der Waals surface area contributed by atoms with E-state index in [1.54, 1.807) is 18.3 Å². The van der Waals surface area contributed by atoms with Crippen molar-refractivity contribution in [2.24, 2.45) is 0 Å². The molecule has 0 radical (unpaired) electrons. The number of amides is 1. The number of fused-ring (bicyclic) bond motifs is 1. The molecule has 0 fully saturated rings. The Morgan fingerprint density at radius 3 is 2.36 bits per heavy atom. The summed E-state index contributed by atoms with van der Waals surface area (Å²) in [5.41, 5.74) is 5.06. The summed E-state index contributed by atoms with van der Waals surface area (Å²) in [4.78, 5) is 33.6. The quantitative estimate of drug-likeness (QED) is 0.188. The summed E-state index contributed by atoms with van der Waals surface area (Å²) in [6.45, 7) is 10.4. The lowest BCUT2D eigenvalue weighted by molar-refractivity contribution is 0.0693. The van der Waals surface area contributed by atoms with E-state index in [0.29, 0.717) is 34.1 Å². The number of carbonyl (C=O) groups is 2. The SMILES string of the molecule is CC.COc1cc(Nc2nc(-c3cccc(NC(=O)c4ccc(C(C)(C)C)cc4)c3)cn3ccnc23)ccc1C(=O)O. The second-order valence-electron chi connectivity index (χ2n) is 10.3. The van der Waals surface area contributed by atoms with Crippen LogP contribution >= 0.6 is 0 Å². The van der Waals surface area contributed by atoms with Gasteiger partial charge in [-0.15, -0.1) is 0 Å². The van der Waals surface area contributed by atoms with E-state index < -0.39 is 5.97 Å². The Labute approximate surface area is 245 Å². The largest absolute Gasteiger partial charge is 0.496 e. The number of carboxylic acid groups (broad SMARTS) is 1. The minimum absolute atomic E-state index is 0.00832. The van der Waals surface area contributed by atoms with Crippen LogP contribution in [0.25, 0.3) is 16.9 Å². The number of nitrogens with one attached hydrogen (secondary N) is 2. The predicted octanol–water partition coefficient (Wildman–Crippen LogP) is 7.42. The van der Waals surface area contributed by atoms with Crippen molar-refractivity contribution >= 4 is 34.7 Å². The smallest absolute Gasteiger partial charge is 0.339 e. The molecular weight excluding hydrogens is 530 g/mol. The maximum absolute atomic E-state index is 12.9. The molecule has 0 atom stereocenters. The monoisotopic (exact) mass is 565 g/mol. The van der Waals surface area contributed by atoms with Crippen molar-refractivity contribution in [1.82, 2.24) is 14.4 Å². The van der Waals surface area contributed by atoms with Crippen molar-refractivity contribution in [2.75, 3.05) is 17.7 Å². The molecule has 0 saturated carbocycles. The maximum Gasteiger partial charge on any atom is 0.339 e. The number of carbonyl (C=O) groups excluding carboxylic acids is 1. The third-order valence-electron chi connectivity index (χ3n) is 6.50. The van der Waals surface area contributed by atoms with Crippen molar-refractivity contribution < 1.29 is 19.4 Å². The third kappa shape index (κ3) is 6.58. The van der Waals surface area contributed by atoms with Crippen LogP contribution in [0, 0.1) is 0 Å². The van der Waals surface area contributed by atoms with E-state index in [0.717, 1.165) is 11.1 Å². The number of nitrogens with zero attached hydrogens (tertiary/aromatic N) is 3. The summed E-state index contributed by atoms with van der Waals surface area (Å²) in [7, 11) is 1.42. The van der Waals surface area contributed by atoms with Crippen LogP contribution in [-0.4, -0.2) is 38.5 Å². The number of benzene rings is 3. The average molecular weight is 566 g/mol. The number of aromatic nitrogens is 3. The van der Waals surface area contributed by atoms with Crippen LogP contribution in [0.3, 0.4) is 0 Å². The molecule has 2 heterocycles. The molecule has 0 spiro atoms. The Bertz CT molecular complexity index is 1720. The van der Waals surface area contributed by atoms with E-state index >= 15 is 0 Å². The molecule has 9 heteroatoms. The van der Waals surface area contributed by atoms with Crippen LogP contribution in [0.1, 0.15) is 60.9 Å². The predicted molar refractivity (Wildman–Crippen MR) is 166 cm³/mol. The van der Waals surface area contributed by atoms with Gasteiger partial charge in [0.05, 0.1) is 12.8 Å². The summed E-state index contributed by atoms with van der Waals surface area (Å²) in [6.07, 6.45) is 5.34. The number of aromatic carboxylic acids is 1. The highest BCUT2D eigenvalue weighted by molar-refractivity contribution is 6.04. The fourth-order valence-corrected chi connectivity index (χ4v) is 4.32. The van der Waals surface area contributed by atoms with Gasteiger partial charge >= 0.3 is 5.97 Å². The Hall–Kier alpha value is -5.18. The van der Waals surface area contributed by atoms with Crippen LogP contribution < -0.4 is 15.4 Å². The van der Waals surface area contributed by atoms with Crippen molar-refractivity contribution in [2.45, 2.75) is 40.0 Å². The number of carboxylic acids is 1. The number of hydrogen-bond acceptors (Lipinski definition) is 6. The minimum atomic E-state index is -1.08. The molecule has 216 valence electrons. The first-order chi connectivity index (χ1) is 20.1. The van der Waals surface area contributed by atoms with Gasteiger partial charge in [-0.3, -0.25) is 4.79 Å². The summed E-state index contributed by atoms with van der Waals surface area (Å²) in [6, 6.07) is 19.8. The van der Waals surface area contributed by atoms with E-state index in [-0.39, 0.29) is 22.6 Å². The van der Waals surface area contributed by atoms with Gasteiger partial charge in [-0.2, -0.15) is 0 Å². The van der Waals surface area contributed by atoms with Gasteiger partial charge in [0, 0.05) is 47.2 Å². The number of hydrogen-bond donors (Lipinski definition) is 3. The summed E-state index contributed by atoms with van der Waals surface area (Å²) < 4.78 is 7.09. The lowest BCUT2D eigenvalue weighted by Gasteiger charge is -2.19. The zero-order valence-electron chi connectivity index (χ0n) is 24.6. The molecule has 9 nitrogen and oxygen atoms in total. The van der Waals surface area contributed by atoms with Gasteiger partial charge in [0.15, 0.2) is 11.5 Å². The molecular formula is C33H35N5O4. The third-order valence-corrected chi connectivity index (χ3v) is 6.50. The van der Waals surface area contributed by atoms with Gasteiger partial charge < -0.3 is 24.9 Å². The van der Waals surface area contributed by atoms with Gasteiger partial charge in [-0.1, -0.05) is 58.9 Å². The van der Waals surface area contributed by atoms with Crippen LogP contribution in [0.15, 0.2) is 85.3 Å². The topological polar surface area (TPSA) is 118 Å². The fraction of sp³-hybridized carbons (Fsp3) is 0.212.